The number of carbonyl (C=O) groups excluding carboxylic acids is 2. The third-order valence-electron chi connectivity index (χ3n) is 5.03. The zero-order valence-electron chi connectivity index (χ0n) is 16.2. The van der Waals surface area contributed by atoms with Crippen molar-refractivity contribution in [3.8, 4) is 17.2 Å². The molecule has 6 nitrogen and oxygen atoms in total. The van der Waals surface area contributed by atoms with Gasteiger partial charge in [0.25, 0.3) is 0 Å². The van der Waals surface area contributed by atoms with Crippen LogP contribution in [0.1, 0.15) is 33.5 Å². The van der Waals surface area contributed by atoms with E-state index < -0.39 is 5.97 Å². The molecule has 0 atom stereocenters. The smallest absolute Gasteiger partial charge is 0.331 e. The van der Waals surface area contributed by atoms with Crippen molar-refractivity contribution in [2.24, 2.45) is 0 Å². The van der Waals surface area contributed by atoms with Gasteiger partial charge < -0.3 is 18.9 Å². The topological polar surface area (TPSA) is 71.1 Å². The number of aryl methyl sites for hydroxylation is 2. The van der Waals surface area contributed by atoms with Gasteiger partial charge in [-0.2, -0.15) is 0 Å². The molecule has 6 heteroatoms. The predicted molar refractivity (Wildman–Crippen MR) is 107 cm³/mol. The Hall–Kier alpha value is -3.28. The summed E-state index contributed by atoms with van der Waals surface area (Å²) in [5.41, 5.74) is 3.80. The molecule has 0 amide bonds. The van der Waals surface area contributed by atoms with Crippen molar-refractivity contribution < 1.29 is 28.5 Å². The minimum Gasteiger partial charge on any atom is -0.493 e. The molecule has 150 valence electrons. The Morgan fingerprint density at radius 1 is 1.07 bits per heavy atom. The van der Waals surface area contributed by atoms with Crippen LogP contribution in [0.15, 0.2) is 36.4 Å². The van der Waals surface area contributed by atoms with E-state index in [-0.39, 0.29) is 12.4 Å². The van der Waals surface area contributed by atoms with Gasteiger partial charge in [0.1, 0.15) is 13.2 Å². The summed E-state index contributed by atoms with van der Waals surface area (Å²) in [6.07, 6.45) is 6.05. The largest absolute Gasteiger partial charge is 0.493 e. The number of hydrogen-bond acceptors (Lipinski definition) is 6. The number of methoxy groups -OCH3 is 1. The maximum atomic E-state index is 12.3. The predicted octanol–water partition coefficient (Wildman–Crippen LogP) is 3.39. The molecule has 2 aromatic carbocycles. The van der Waals surface area contributed by atoms with E-state index in [0.717, 1.165) is 19.3 Å². The van der Waals surface area contributed by atoms with Crippen molar-refractivity contribution in [2.75, 3.05) is 26.9 Å². The molecule has 2 aromatic rings. The Morgan fingerprint density at radius 2 is 1.90 bits per heavy atom. The van der Waals surface area contributed by atoms with E-state index in [1.54, 1.807) is 31.4 Å². The van der Waals surface area contributed by atoms with Crippen molar-refractivity contribution >= 4 is 17.8 Å². The molecular formula is C23H22O6. The molecule has 2 aliphatic rings. The zero-order chi connectivity index (χ0) is 20.2. The van der Waals surface area contributed by atoms with Crippen LogP contribution in [0, 0.1) is 0 Å². The van der Waals surface area contributed by atoms with Gasteiger partial charge in [0, 0.05) is 11.6 Å². The highest BCUT2D eigenvalue weighted by atomic mass is 16.6. The lowest BCUT2D eigenvalue weighted by molar-refractivity contribution is -0.136. The number of hydrogen-bond donors (Lipinski definition) is 0. The molecule has 4 rings (SSSR count). The number of carbonyl (C=O) groups is 2. The van der Waals surface area contributed by atoms with Gasteiger partial charge in [-0.3, -0.25) is 4.79 Å². The Bertz CT molecular complexity index is 958. The molecule has 0 aromatic heterocycles. The van der Waals surface area contributed by atoms with Crippen molar-refractivity contribution in [1.82, 2.24) is 0 Å². The van der Waals surface area contributed by atoms with Crippen LogP contribution in [0.2, 0.25) is 0 Å². The van der Waals surface area contributed by atoms with Gasteiger partial charge in [-0.05, 0) is 60.2 Å². The standard InChI is InChI=1S/C23H22O6/c1-26-20-11-15(12-21-23(20)28-10-9-27-21)5-8-22(25)29-14-19(24)18-7-6-16-3-2-4-17(16)13-18/h5-8,11-13H,2-4,9-10,14H2,1H3/b8-5+. The van der Waals surface area contributed by atoms with E-state index in [2.05, 4.69) is 0 Å². The molecule has 0 fully saturated rings. The molecular weight excluding hydrogens is 372 g/mol. The molecule has 0 bridgehead atoms. The first-order valence-electron chi connectivity index (χ1n) is 9.61. The van der Waals surface area contributed by atoms with E-state index in [9.17, 15) is 9.59 Å². The number of ketones is 1. The monoisotopic (exact) mass is 394 g/mol. The van der Waals surface area contributed by atoms with E-state index in [4.69, 9.17) is 18.9 Å². The van der Waals surface area contributed by atoms with E-state index in [1.165, 1.54) is 17.2 Å². The third-order valence-corrected chi connectivity index (χ3v) is 5.03. The molecule has 1 heterocycles. The molecule has 1 aliphatic carbocycles. The lowest BCUT2D eigenvalue weighted by Gasteiger charge is -2.20. The van der Waals surface area contributed by atoms with Crippen LogP contribution >= 0.6 is 0 Å². The average Bonchev–Trinajstić information content (AvgIpc) is 3.23. The number of benzene rings is 2. The zero-order valence-corrected chi connectivity index (χ0v) is 16.2. The Balaban J connectivity index is 1.37. The summed E-state index contributed by atoms with van der Waals surface area (Å²) >= 11 is 0. The van der Waals surface area contributed by atoms with E-state index >= 15 is 0 Å². The van der Waals surface area contributed by atoms with Crippen LogP contribution in [-0.4, -0.2) is 38.7 Å². The van der Waals surface area contributed by atoms with Gasteiger partial charge in [-0.25, -0.2) is 4.79 Å². The average molecular weight is 394 g/mol. The summed E-state index contributed by atoms with van der Waals surface area (Å²) in [5, 5.41) is 0. The summed E-state index contributed by atoms with van der Waals surface area (Å²) in [4.78, 5) is 24.4. The van der Waals surface area contributed by atoms with Gasteiger partial charge in [-0.15, -0.1) is 0 Å². The Labute approximate surface area is 169 Å². The van der Waals surface area contributed by atoms with Gasteiger partial charge in [-0.1, -0.05) is 12.1 Å². The van der Waals surface area contributed by atoms with Gasteiger partial charge in [0.05, 0.1) is 7.11 Å². The third kappa shape index (κ3) is 4.26. The summed E-state index contributed by atoms with van der Waals surface area (Å²) in [6, 6.07) is 9.21. The van der Waals surface area contributed by atoms with E-state index in [0.29, 0.717) is 41.6 Å². The molecule has 0 saturated heterocycles. The van der Waals surface area contributed by atoms with Gasteiger partial charge in [0.15, 0.2) is 23.9 Å². The highest BCUT2D eigenvalue weighted by Crippen LogP contribution is 2.40. The van der Waals surface area contributed by atoms with Crippen molar-refractivity contribution in [2.45, 2.75) is 19.3 Å². The SMILES string of the molecule is COc1cc(/C=C/C(=O)OCC(=O)c2ccc3c(c2)CCC3)cc2c1OCCO2. The summed E-state index contributed by atoms with van der Waals surface area (Å²) in [6.45, 7) is 0.631. The van der Waals surface area contributed by atoms with Crippen LogP contribution in [0.5, 0.6) is 17.2 Å². The Morgan fingerprint density at radius 3 is 2.76 bits per heavy atom. The Kier molecular flexibility index (Phi) is 5.51. The fourth-order valence-electron chi connectivity index (χ4n) is 3.57. The van der Waals surface area contributed by atoms with Crippen LogP contribution < -0.4 is 14.2 Å². The quantitative estimate of drug-likeness (QED) is 0.425. The van der Waals surface area contributed by atoms with Gasteiger partial charge in [0.2, 0.25) is 5.75 Å². The first kappa shape index (κ1) is 19.1. The van der Waals surface area contributed by atoms with Gasteiger partial charge >= 0.3 is 5.97 Å². The molecule has 0 unspecified atom stereocenters. The first-order valence-corrected chi connectivity index (χ1v) is 9.61. The highest BCUT2D eigenvalue weighted by molar-refractivity contribution is 5.99. The number of Topliss-reactive ketones (excluding diaryl/α,β-unsaturated/α-hetero) is 1. The number of rotatable bonds is 6. The second-order valence-corrected chi connectivity index (χ2v) is 6.95. The second kappa shape index (κ2) is 8.39. The lowest BCUT2D eigenvalue weighted by atomic mass is 10.0. The minimum absolute atomic E-state index is 0.206. The maximum absolute atomic E-state index is 12.3. The summed E-state index contributed by atoms with van der Waals surface area (Å²) < 4.78 is 21.6. The molecule has 0 saturated carbocycles. The molecule has 0 radical (unpaired) electrons. The molecule has 0 N–H and O–H groups in total. The van der Waals surface area contributed by atoms with Crippen molar-refractivity contribution in [3.63, 3.8) is 0 Å². The van der Waals surface area contributed by atoms with Crippen LogP contribution in [0.4, 0.5) is 0 Å². The lowest BCUT2D eigenvalue weighted by Crippen LogP contribution is -2.16. The van der Waals surface area contributed by atoms with E-state index in [1.807, 2.05) is 12.1 Å². The number of fused-ring (bicyclic) bond motifs is 2. The molecule has 1 aliphatic heterocycles. The fraction of sp³-hybridized carbons (Fsp3) is 0.304. The summed E-state index contributed by atoms with van der Waals surface area (Å²) in [7, 11) is 1.54. The fourth-order valence-corrected chi connectivity index (χ4v) is 3.57. The second-order valence-electron chi connectivity index (χ2n) is 6.95. The highest BCUT2D eigenvalue weighted by Gasteiger charge is 2.18. The minimum atomic E-state index is -0.589. The van der Waals surface area contributed by atoms with Crippen LogP contribution in [0.25, 0.3) is 6.08 Å². The van der Waals surface area contributed by atoms with Crippen LogP contribution in [-0.2, 0) is 22.4 Å². The first-order chi connectivity index (χ1) is 14.1. The normalized spacial score (nSPS) is 14.5. The number of esters is 1. The van der Waals surface area contributed by atoms with Crippen molar-refractivity contribution in [1.29, 1.82) is 0 Å². The molecule has 29 heavy (non-hydrogen) atoms. The van der Waals surface area contributed by atoms with Crippen molar-refractivity contribution in [3.05, 3.63) is 58.7 Å². The summed E-state index contributed by atoms with van der Waals surface area (Å²) in [5.74, 6) is 0.853. The maximum Gasteiger partial charge on any atom is 0.331 e. The van der Waals surface area contributed by atoms with Crippen LogP contribution in [0.3, 0.4) is 0 Å². The molecule has 0 spiro atoms. The number of ether oxygens (including phenoxy) is 4.